The van der Waals surface area contributed by atoms with Crippen molar-refractivity contribution >= 4 is 5.97 Å². The molecule has 0 heterocycles. The van der Waals surface area contributed by atoms with Gasteiger partial charge in [-0.15, -0.1) is 0 Å². The van der Waals surface area contributed by atoms with E-state index in [0.717, 1.165) is 19.4 Å². The van der Waals surface area contributed by atoms with Crippen LogP contribution in [0.1, 0.15) is 18.9 Å². The van der Waals surface area contributed by atoms with E-state index in [2.05, 4.69) is 17.4 Å². The predicted octanol–water partition coefficient (Wildman–Crippen LogP) is 1.77. The van der Waals surface area contributed by atoms with Crippen molar-refractivity contribution in [2.24, 2.45) is 0 Å². The van der Waals surface area contributed by atoms with E-state index < -0.39 is 0 Å². The molecule has 0 saturated heterocycles. The normalized spacial score (nSPS) is 12.1. The highest BCUT2D eigenvalue weighted by Crippen LogP contribution is 2.05. The first kappa shape index (κ1) is 12.7. The molecular weight excluding hydrogens is 202 g/mol. The van der Waals surface area contributed by atoms with Crippen LogP contribution in [0, 0.1) is 0 Å². The van der Waals surface area contributed by atoms with Crippen LogP contribution < -0.4 is 5.32 Å². The molecule has 0 aliphatic heterocycles. The zero-order chi connectivity index (χ0) is 11.8. The molecule has 0 spiro atoms. The van der Waals surface area contributed by atoms with Gasteiger partial charge in [-0.1, -0.05) is 37.3 Å². The molecule has 0 bridgehead atoms. The van der Waals surface area contributed by atoms with Crippen LogP contribution in [0.3, 0.4) is 0 Å². The highest BCUT2D eigenvalue weighted by molar-refractivity contribution is 5.75. The fourth-order valence-corrected chi connectivity index (χ4v) is 1.65. The van der Waals surface area contributed by atoms with Gasteiger partial charge in [-0.2, -0.15) is 0 Å². The van der Waals surface area contributed by atoms with Gasteiger partial charge in [0.15, 0.2) is 0 Å². The zero-order valence-corrected chi connectivity index (χ0v) is 9.90. The molecule has 1 N–H and O–H groups in total. The van der Waals surface area contributed by atoms with Crippen LogP contribution in [0.5, 0.6) is 0 Å². The molecule has 0 aliphatic rings. The summed E-state index contributed by atoms with van der Waals surface area (Å²) in [6.07, 6.45) is 1.65. The van der Waals surface area contributed by atoms with Crippen molar-refractivity contribution in [1.82, 2.24) is 5.32 Å². The van der Waals surface area contributed by atoms with Crippen molar-refractivity contribution < 1.29 is 9.53 Å². The molecule has 16 heavy (non-hydrogen) atoms. The minimum Gasteiger partial charge on any atom is -0.468 e. The van der Waals surface area contributed by atoms with Gasteiger partial charge in [-0.05, 0) is 24.9 Å². The molecule has 0 amide bonds. The summed E-state index contributed by atoms with van der Waals surface area (Å²) < 4.78 is 4.75. The van der Waals surface area contributed by atoms with Crippen LogP contribution >= 0.6 is 0 Å². The van der Waals surface area contributed by atoms with Crippen molar-refractivity contribution in [3.63, 3.8) is 0 Å². The Morgan fingerprint density at radius 2 is 2.06 bits per heavy atom. The second-order valence-corrected chi connectivity index (χ2v) is 3.66. The topological polar surface area (TPSA) is 38.3 Å². The number of nitrogens with one attached hydrogen (secondary N) is 1. The lowest BCUT2D eigenvalue weighted by Crippen LogP contribution is -2.37. The maximum Gasteiger partial charge on any atom is 0.322 e. The van der Waals surface area contributed by atoms with Crippen LogP contribution in [0.4, 0.5) is 0 Å². The van der Waals surface area contributed by atoms with Crippen LogP contribution in [0.25, 0.3) is 0 Å². The second kappa shape index (κ2) is 7.01. The number of hydrogen-bond donors (Lipinski definition) is 1. The van der Waals surface area contributed by atoms with Gasteiger partial charge >= 0.3 is 5.97 Å². The lowest BCUT2D eigenvalue weighted by molar-refractivity contribution is -0.143. The molecule has 88 valence electrons. The maximum atomic E-state index is 11.4. The molecule has 3 nitrogen and oxygen atoms in total. The third-order valence-electron chi connectivity index (χ3n) is 2.50. The van der Waals surface area contributed by atoms with E-state index in [1.807, 2.05) is 25.1 Å². The summed E-state index contributed by atoms with van der Waals surface area (Å²) >= 11 is 0. The van der Waals surface area contributed by atoms with Crippen molar-refractivity contribution in [1.29, 1.82) is 0 Å². The van der Waals surface area contributed by atoms with Crippen molar-refractivity contribution in [3.8, 4) is 0 Å². The predicted molar refractivity (Wildman–Crippen MR) is 64.2 cm³/mol. The molecule has 1 aromatic rings. The number of ether oxygens (including phenoxy) is 1. The monoisotopic (exact) mass is 221 g/mol. The van der Waals surface area contributed by atoms with Gasteiger partial charge in [0.25, 0.3) is 0 Å². The SMILES string of the molecule is CCNC(CCc1ccccc1)C(=O)OC. The lowest BCUT2D eigenvalue weighted by atomic mass is 10.1. The number of carbonyl (C=O) groups is 1. The standard InChI is InChI=1S/C13H19NO2/c1-3-14-12(13(15)16-2)10-9-11-7-5-4-6-8-11/h4-8,12,14H,3,9-10H2,1-2H3. The van der Waals surface area contributed by atoms with Crippen LogP contribution in [-0.2, 0) is 16.0 Å². The average molecular weight is 221 g/mol. The third kappa shape index (κ3) is 4.03. The number of aryl methyl sites for hydroxylation is 1. The molecule has 0 aliphatic carbocycles. The third-order valence-corrected chi connectivity index (χ3v) is 2.50. The Kier molecular flexibility index (Phi) is 5.57. The van der Waals surface area contributed by atoms with E-state index in [0.29, 0.717) is 0 Å². The summed E-state index contributed by atoms with van der Waals surface area (Å²) in [6, 6.07) is 9.95. The van der Waals surface area contributed by atoms with E-state index in [-0.39, 0.29) is 12.0 Å². The molecule has 1 unspecified atom stereocenters. The smallest absolute Gasteiger partial charge is 0.322 e. The Morgan fingerprint density at radius 1 is 1.38 bits per heavy atom. The molecule has 0 aromatic heterocycles. The lowest BCUT2D eigenvalue weighted by Gasteiger charge is -2.15. The Morgan fingerprint density at radius 3 is 2.62 bits per heavy atom. The quantitative estimate of drug-likeness (QED) is 0.744. The second-order valence-electron chi connectivity index (χ2n) is 3.66. The molecular formula is C13H19NO2. The van der Waals surface area contributed by atoms with E-state index >= 15 is 0 Å². The summed E-state index contributed by atoms with van der Waals surface area (Å²) in [4.78, 5) is 11.4. The molecule has 1 rings (SSSR count). The Bertz CT molecular complexity index is 311. The molecule has 0 radical (unpaired) electrons. The van der Waals surface area contributed by atoms with Gasteiger partial charge in [0, 0.05) is 0 Å². The number of esters is 1. The summed E-state index contributed by atoms with van der Waals surface area (Å²) in [5.74, 6) is -0.183. The first-order valence-corrected chi connectivity index (χ1v) is 5.63. The highest BCUT2D eigenvalue weighted by Gasteiger charge is 2.16. The van der Waals surface area contributed by atoms with Gasteiger partial charge in [-0.3, -0.25) is 4.79 Å². The summed E-state index contributed by atoms with van der Waals surface area (Å²) in [6.45, 7) is 2.76. The number of rotatable bonds is 6. The molecule has 0 fully saturated rings. The fourth-order valence-electron chi connectivity index (χ4n) is 1.65. The van der Waals surface area contributed by atoms with E-state index in [1.165, 1.54) is 12.7 Å². The van der Waals surface area contributed by atoms with Gasteiger partial charge in [-0.25, -0.2) is 0 Å². The number of likely N-dealkylation sites (N-methyl/N-ethyl adjacent to an activating group) is 1. The summed E-state index contributed by atoms with van der Waals surface area (Å²) in [5.41, 5.74) is 1.24. The van der Waals surface area contributed by atoms with E-state index in [4.69, 9.17) is 4.74 Å². The minimum atomic E-state index is -0.199. The first-order valence-electron chi connectivity index (χ1n) is 5.63. The Labute approximate surface area is 96.8 Å². The van der Waals surface area contributed by atoms with Crippen LogP contribution in [-0.4, -0.2) is 25.7 Å². The van der Waals surface area contributed by atoms with Crippen molar-refractivity contribution in [3.05, 3.63) is 35.9 Å². The number of benzene rings is 1. The van der Waals surface area contributed by atoms with Crippen molar-refractivity contribution in [2.75, 3.05) is 13.7 Å². The molecule has 1 atom stereocenters. The Hall–Kier alpha value is -1.35. The fraction of sp³-hybridized carbons (Fsp3) is 0.462. The number of carbonyl (C=O) groups excluding carboxylic acids is 1. The first-order chi connectivity index (χ1) is 7.77. The van der Waals surface area contributed by atoms with Crippen LogP contribution in [0.15, 0.2) is 30.3 Å². The maximum absolute atomic E-state index is 11.4. The molecule has 3 heteroatoms. The van der Waals surface area contributed by atoms with E-state index in [1.54, 1.807) is 0 Å². The largest absolute Gasteiger partial charge is 0.468 e. The Balaban J connectivity index is 2.47. The van der Waals surface area contributed by atoms with Gasteiger partial charge in [0.1, 0.15) is 6.04 Å². The van der Waals surface area contributed by atoms with Crippen molar-refractivity contribution in [2.45, 2.75) is 25.8 Å². The molecule has 0 saturated carbocycles. The summed E-state index contributed by atoms with van der Waals surface area (Å²) in [5, 5.41) is 3.13. The number of hydrogen-bond acceptors (Lipinski definition) is 3. The number of methoxy groups -OCH3 is 1. The summed E-state index contributed by atoms with van der Waals surface area (Å²) in [7, 11) is 1.43. The molecule has 1 aromatic carbocycles. The zero-order valence-electron chi connectivity index (χ0n) is 9.90. The van der Waals surface area contributed by atoms with Crippen LogP contribution in [0.2, 0.25) is 0 Å². The highest BCUT2D eigenvalue weighted by atomic mass is 16.5. The van der Waals surface area contributed by atoms with Gasteiger partial charge in [0.05, 0.1) is 7.11 Å². The van der Waals surface area contributed by atoms with Gasteiger partial charge < -0.3 is 10.1 Å². The van der Waals surface area contributed by atoms with Gasteiger partial charge in [0.2, 0.25) is 0 Å². The average Bonchev–Trinajstić information content (AvgIpc) is 2.34. The van der Waals surface area contributed by atoms with E-state index in [9.17, 15) is 4.79 Å². The minimum absolute atomic E-state index is 0.183.